The molecule has 3 rings (SSSR count). The lowest BCUT2D eigenvalue weighted by atomic mass is 10.1. The van der Waals surface area contributed by atoms with Gasteiger partial charge < -0.3 is 9.84 Å². The minimum Gasteiger partial charge on any atom is -0.361 e. The Morgan fingerprint density at radius 2 is 1.96 bits per heavy atom. The van der Waals surface area contributed by atoms with Crippen molar-refractivity contribution < 1.29 is 9.32 Å². The zero-order valence-corrected chi connectivity index (χ0v) is 12.9. The van der Waals surface area contributed by atoms with E-state index in [4.69, 9.17) is 4.52 Å². The van der Waals surface area contributed by atoms with Crippen molar-refractivity contribution in [2.75, 3.05) is 0 Å². The molecule has 0 bridgehead atoms. The lowest BCUT2D eigenvalue weighted by Crippen LogP contribution is -2.23. The van der Waals surface area contributed by atoms with Crippen LogP contribution in [0.25, 0.3) is 11.3 Å². The van der Waals surface area contributed by atoms with Crippen molar-refractivity contribution in [2.24, 2.45) is 0 Å². The number of carbonyl (C=O) groups is 1. The van der Waals surface area contributed by atoms with E-state index in [-0.39, 0.29) is 5.91 Å². The third-order valence-corrected chi connectivity index (χ3v) is 3.47. The monoisotopic (exact) mass is 308 g/mol. The van der Waals surface area contributed by atoms with Gasteiger partial charge in [-0.15, -0.1) is 0 Å². The predicted molar refractivity (Wildman–Crippen MR) is 84.6 cm³/mol. The van der Waals surface area contributed by atoms with Gasteiger partial charge in [0.25, 0.3) is 5.91 Å². The van der Waals surface area contributed by atoms with E-state index in [1.165, 1.54) is 0 Å². The van der Waals surface area contributed by atoms with Crippen molar-refractivity contribution in [3.63, 3.8) is 0 Å². The largest absolute Gasteiger partial charge is 0.361 e. The van der Waals surface area contributed by atoms with Crippen molar-refractivity contribution in [1.82, 2.24) is 20.4 Å². The molecular weight excluding hydrogens is 292 g/mol. The van der Waals surface area contributed by atoms with Gasteiger partial charge in [0, 0.05) is 18.9 Å². The second-order valence-electron chi connectivity index (χ2n) is 5.15. The number of carbonyl (C=O) groups excluding carboxylic acids is 1. The molecule has 0 spiro atoms. The summed E-state index contributed by atoms with van der Waals surface area (Å²) in [6.45, 7) is 4.11. The first-order chi connectivity index (χ1) is 11.1. The minimum absolute atomic E-state index is 0.226. The molecule has 0 aliphatic heterocycles. The Kier molecular flexibility index (Phi) is 4.14. The normalized spacial score (nSPS) is 10.5. The lowest BCUT2D eigenvalue weighted by molar-refractivity contribution is 0.0946. The third kappa shape index (κ3) is 3.26. The molecule has 116 valence electrons. The SMILES string of the molecule is Cc1noc(C)c1-c1cccc(C(=O)NCc2ccncc2)n1. The molecule has 0 saturated heterocycles. The summed E-state index contributed by atoms with van der Waals surface area (Å²) in [5.74, 6) is 0.458. The number of nitrogens with one attached hydrogen (secondary N) is 1. The summed E-state index contributed by atoms with van der Waals surface area (Å²) in [7, 11) is 0. The van der Waals surface area contributed by atoms with Crippen LogP contribution in [0.1, 0.15) is 27.5 Å². The van der Waals surface area contributed by atoms with Crippen LogP contribution in [0.3, 0.4) is 0 Å². The first-order valence-electron chi connectivity index (χ1n) is 7.22. The molecule has 0 unspecified atom stereocenters. The van der Waals surface area contributed by atoms with Gasteiger partial charge in [-0.1, -0.05) is 11.2 Å². The van der Waals surface area contributed by atoms with Crippen molar-refractivity contribution in [3.8, 4) is 11.3 Å². The van der Waals surface area contributed by atoms with Crippen LogP contribution in [-0.2, 0) is 6.54 Å². The standard InChI is InChI=1S/C17H16N4O2/c1-11-16(12(2)23-21-11)14-4-3-5-15(20-14)17(22)19-10-13-6-8-18-9-7-13/h3-9H,10H2,1-2H3,(H,19,22). The summed E-state index contributed by atoms with van der Waals surface area (Å²) >= 11 is 0. The molecule has 0 fully saturated rings. The molecule has 3 aromatic rings. The van der Waals surface area contributed by atoms with E-state index in [1.54, 1.807) is 24.5 Å². The number of hydrogen-bond acceptors (Lipinski definition) is 5. The highest BCUT2D eigenvalue weighted by Crippen LogP contribution is 2.24. The zero-order chi connectivity index (χ0) is 16.2. The number of pyridine rings is 2. The molecule has 0 radical (unpaired) electrons. The van der Waals surface area contributed by atoms with Crippen molar-refractivity contribution in [3.05, 3.63) is 65.4 Å². The predicted octanol–water partition coefficient (Wildman–Crippen LogP) is 2.68. The highest BCUT2D eigenvalue weighted by Gasteiger charge is 2.15. The van der Waals surface area contributed by atoms with E-state index in [0.717, 1.165) is 16.8 Å². The van der Waals surface area contributed by atoms with E-state index in [1.807, 2.05) is 32.0 Å². The molecular formula is C17H16N4O2. The number of aryl methyl sites for hydroxylation is 2. The summed E-state index contributed by atoms with van der Waals surface area (Å²) in [4.78, 5) is 20.7. The Balaban J connectivity index is 1.78. The van der Waals surface area contributed by atoms with Crippen LogP contribution in [0.4, 0.5) is 0 Å². The van der Waals surface area contributed by atoms with E-state index >= 15 is 0 Å². The topological polar surface area (TPSA) is 80.9 Å². The van der Waals surface area contributed by atoms with Crippen LogP contribution in [0.2, 0.25) is 0 Å². The second-order valence-corrected chi connectivity index (χ2v) is 5.15. The summed E-state index contributed by atoms with van der Waals surface area (Å²) < 4.78 is 5.16. The Hall–Kier alpha value is -3.02. The number of nitrogens with zero attached hydrogens (tertiary/aromatic N) is 3. The fourth-order valence-electron chi connectivity index (χ4n) is 2.32. The van der Waals surface area contributed by atoms with E-state index in [9.17, 15) is 4.79 Å². The molecule has 23 heavy (non-hydrogen) atoms. The highest BCUT2D eigenvalue weighted by atomic mass is 16.5. The molecule has 1 amide bonds. The summed E-state index contributed by atoms with van der Waals surface area (Å²) in [6, 6.07) is 9.04. The highest BCUT2D eigenvalue weighted by molar-refractivity contribution is 5.92. The maximum absolute atomic E-state index is 12.3. The number of aromatic nitrogens is 3. The van der Waals surface area contributed by atoms with E-state index in [0.29, 0.717) is 23.7 Å². The average Bonchev–Trinajstić information content (AvgIpc) is 2.92. The van der Waals surface area contributed by atoms with Gasteiger partial charge in [-0.2, -0.15) is 0 Å². The molecule has 1 N–H and O–H groups in total. The zero-order valence-electron chi connectivity index (χ0n) is 12.9. The Morgan fingerprint density at radius 1 is 1.17 bits per heavy atom. The van der Waals surface area contributed by atoms with Crippen molar-refractivity contribution in [1.29, 1.82) is 0 Å². The van der Waals surface area contributed by atoms with Gasteiger partial charge in [-0.25, -0.2) is 4.98 Å². The van der Waals surface area contributed by atoms with E-state index in [2.05, 4.69) is 20.4 Å². The Morgan fingerprint density at radius 3 is 2.65 bits per heavy atom. The number of amides is 1. The Bertz CT molecular complexity index is 808. The van der Waals surface area contributed by atoms with Gasteiger partial charge in [0.05, 0.1) is 17.0 Å². The first-order valence-corrected chi connectivity index (χ1v) is 7.22. The van der Waals surface area contributed by atoms with Gasteiger partial charge >= 0.3 is 0 Å². The number of hydrogen-bond donors (Lipinski definition) is 1. The van der Waals surface area contributed by atoms with Gasteiger partial charge in [-0.3, -0.25) is 9.78 Å². The van der Waals surface area contributed by atoms with Crippen LogP contribution in [0, 0.1) is 13.8 Å². The van der Waals surface area contributed by atoms with Gasteiger partial charge in [0.2, 0.25) is 0 Å². The summed E-state index contributed by atoms with van der Waals surface area (Å²) in [5, 5.41) is 6.77. The fourth-order valence-corrected chi connectivity index (χ4v) is 2.32. The molecule has 3 aromatic heterocycles. The van der Waals surface area contributed by atoms with Crippen LogP contribution in [0.5, 0.6) is 0 Å². The van der Waals surface area contributed by atoms with Gasteiger partial charge in [0.1, 0.15) is 11.5 Å². The van der Waals surface area contributed by atoms with Crippen LogP contribution in [0.15, 0.2) is 47.2 Å². The first kappa shape index (κ1) is 14.9. The maximum Gasteiger partial charge on any atom is 0.270 e. The molecule has 0 saturated carbocycles. The summed E-state index contributed by atoms with van der Waals surface area (Å²) in [5.41, 5.74) is 3.60. The van der Waals surface area contributed by atoms with Crippen molar-refractivity contribution in [2.45, 2.75) is 20.4 Å². The van der Waals surface area contributed by atoms with Crippen LogP contribution < -0.4 is 5.32 Å². The average molecular weight is 308 g/mol. The maximum atomic E-state index is 12.3. The molecule has 0 aliphatic carbocycles. The second kappa shape index (κ2) is 6.39. The number of rotatable bonds is 4. The lowest BCUT2D eigenvalue weighted by Gasteiger charge is -2.06. The molecule has 6 heteroatoms. The smallest absolute Gasteiger partial charge is 0.270 e. The fraction of sp³-hybridized carbons (Fsp3) is 0.176. The molecule has 0 aliphatic rings. The summed E-state index contributed by atoms with van der Waals surface area (Å²) in [6.07, 6.45) is 3.38. The quantitative estimate of drug-likeness (QED) is 0.801. The van der Waals surface area contributed by atoms with Crippen LogP contribution in [-0.4, -0.2) is 21.0 Å². The van der Waals surface area contributed by atoms with Gasteiger partial charge in [0.15, 0.2) is 0 Å². The Labute approximate surface area is 133 Å². The molecule has 0 atom stereocenters. The molecule has 0 aromatic carbocycles. The van der Waals surface area contributed by atoms with Gasteiger partial charge in [-0.05, 0) is 43.7 Å². The molecule has 3 heterocycles. The minimum atomic E-state index is -0.226. The third-order valence-electron chi connectivity index (χ3n) is 3.47. The van der Waals surface area contributed by atoms with Crippen LogP contribution >= 0.6 is 0 Å². The van der Waals surface area contributed by atoms with E-state index < -0.39 is 0 Å². The van der Waals surface area contributed by atoms with Crippen molar-refractivity contribution >= 4 is 5.91 Å². The molecule has 6 nitrogen and oxygen atoms in total.